The first-order valence-electron chi connectivity index (χ1n) is 7.21. The van der Waals surface area contributed by atoms with E-state index in [4.69, 9.17) is 0 Å². The number of rotatable bonds is 4. The molecule has 3 heterocycles. The molecule has 3 aromatic rings. The Bertz CT molecular complexity index is 883. The molecule has 1 fully saturated rings. The summed E-state index contributed by atoms with van der Waals surface area (Å²) in [6, 6.07) is 3.75. The predicted molar refractivity (Wildman–Crippen MR) is 86.4 cm³/mol. The maximum Gasteiger partial charge on any atom is 0.268 e. The van der Waals surface area contributed by atoms with E-state index >= 15 is 0 Å². The number of hydrogen-bond acceptors (Lipinski definition) is 6. The molecule has 22 heavy (non-hydrogen) atoms. The summed E-state index contributed by atoms with van der Waals surface area (Å²) in [6.45, 7) is 0.502. The van der Waals surface area contributed by atoms with Gasteiger partial charge < -0.3 is 9.88 Å². The molecule has 0 bridgehead atoms. The van der Waals surface area contributed by atoms with E-state index < -0.39 is 0 Å². The lowest BCUT2D eigenvalue weighted by molar-refractivity contribution is 0.809. The molecule has 3 aromatic heterocycles. The molecule has 0 atom stereocenters. The third-order valence-electron chi connectivity index (χ3n) is 3.74. The van der Waals surface area contributed by atoms with Crippen LogP contribution in [0.4, 0.5) is 5.82 Å². The van der Waals surface area contributed by atoms with E-state index in [0.717, 1.165) is 17.2 Å². The third kappa shape index (κ3) is 2.48. The minimum Gasteiger partial charge on any atom is -0.352 e. The Kier molecular flexibility index (Phi) is 3.15. The van der Waals surface area contributed by atoms with Gasteiger partial charge >= 0.3 is 0 Å². The average Bonchev–Trinajstić information content (AvgIpc) is 3.26. The van der Waals surface area contributed by atoms with E-state index in [1.807, 2.05) is 29.5 Å². The molecule has 4 rings (SSSR count). The van der Waals surface area contributed by atoms with E-state index in [1.165, 1.54) is 24.2 Å². The van der Waals surface area contributed by atoms with Crippen molar-refractivity contribution in [2.75, 3.05) is 11.9 Å². The van der Waals surface area contributed by atoms with Crippen LogP contribution in [0.25, 0.3) is 10.2 Å². The van der Waals surface area contributed by atoms with E-state index in [9.17, 15) is 4.79 Å². The minimum absolute atomic E-state index is 0.0789. The van der Waals surface area contributed by atoms with Crippen molar-refractivity contribution in [3.8, 4) is 0 Å². The second-order valence-electron chi connectivity index (χ2n) is 5.55. The zero-order valence-corrected chi connectivity index (χ0v) is 12.9. The van der Waals surface area contributed by atoms with E-state index in [2.05, 4.69) is 19.9 Å². The molecule has 0 saturated heterocycles. The van der Waals surface area contributed by atoms with Crippen molar-refractivity contribution in [2.24, 2.45) is 0 Å². The van der Waals surface area contributed by atoms with Crippen LogP contribution in [0, 0.1) is 0 Å². The number of fused-ring (bicyclic) bond motifs is 1. The molecule has 1 aliphatic rings. The van der Waals surface area contributed by atoms with Crippen LogP contribution in [-0.4, -0.2) is 27.0 Å². The predicted octanol–water partition coefficient (Wildman–Crippen LogP) is 2.29. The molecule has 1 aliphatic carbocycles. The number of aromatic nitrogens is 4. The summed E-state index contributed by atoms with van der Waals surface area (Å²) < 4.78 is 0.671. The highest BCUT2D eigenvalue weighted by atomic mass is 32.1. The quantitative estimate of drug-likeness (QED) is 0.800. The second kappa shape index (κ2) is 5.17. The van der Waals surface area contributed by atoms with Gasteiger partial charge in [0.1, 0.15) is 22.2 Å². The molecule has 112 valence electrons. The minimum atomic E-state index is -0.0789. The SMILES string of the molecule is CN(Cc1nc2ccsc2c(=O)[nH]1)c1ccnc(C2CC2)n1. The third-order valence-corrected chi connectivity index (χ3v) is 4.65. The first kappa shape index (κ1) is 13.4. The van der Waals surface area contributed by atoms with Crippen LogP contribution in [0.2, 0.25) is 0 Å². The monoisotopic (exact) mass is 313 g/mol. The normalized spacial score (nSPS) is 14.4. The maximum absolute atomic E-state index is 12.0. The number of nitrogens with one attached hydrogen (secondary N) is 1. The molecule has 1 saturated carbocycles. The van der Waals surface area contributed by atoms with Gasteiger partial charge in [-0.25, -0.2) is 15.0 Å². The molecule has 0 spiro atoms. The van der Waals surface area contributed by atoms with Crippen molar-refractivity contribution in [3.05, 3.63) is 45.7 Å². The van der Waals surface area contributed by atoms with E-state index in [1.54, 1.807) is 6.20 Å². The lowest BCUT2D eigenvalue weighted by Gasteiger charge is -2.17. The highest BCUT2D eigenvalue weighted by Crippen LogP contribution is 2.38. The van der Waals surface area contributed by atoms with Gasteiger partial charge in [0.25, 0.3) is 5.56 Å². The average molecular weight is 313 g/mol. The summed E-state index contributed by atoms with van der Waals surface area (Å²) in [5.74, 6) is 2.93. The fraction of sp³-hybridized carbons (Fsp3) is 0.333. The van der Waals surface area contributed by atoms with Crippen molar-refractivity contribution < 1.29 is 0 Å². The first-order chi connectivity index (χ1) is 10.7. The number of thiophene rings is 1. The molecular formula is C15H15N5OS. The molecule has 0 amide bonds. The van der Waals surface area contributed by atoms with Gasteiger partial charge in [-0.3, -0.25) is 4.79 Å². The highest BCUT2D eigenvalue weighted by molar-refractivity contribution is 7.17. The molecule has 6 nitrogen and oxygen atoms in total. The first-order valence-corrected chi connectivity index (χ1v) is 8.09. The molecule has 1 N–H and O–H groups in total. The van der Waals surface area contributed by atoms with Crippen molar-refractivity contribution in [1.82, 2.24) is 19.9 Å². The van der Waals surface area contributed by atoms with Gasteiger partial charge in [-0.05, 0) is 30.4 Å². The van der Waals surface area contributed by atoms with Crippen LogP contribution in [0.1, 0.15) is 30.4 Å². The molecular weight excluding hydrogens is 298 g/mol. The second-order valence-corrected chi connectivity index (χ2v) is 6.47. The topological polar surface area (TPSA) is 74.8 Å². The Morgan fingerprint density at radius 1 is 1.36 bits per heavy atom. The van der Waals surface area contributed by atoms with Crippen LogP contribution >= 0.6 is 11.3 Å². The summed E-state index contributed by atoms with van der Waals surface area (Å²) in [5, 5.41) is 1.88. The number of hydrogen-bond donors (Lipinski definition) is 1. The fourth-order valence-electron chi connectivity index (χ4n) is 2.42. The van der Waals surface area contributed by atoms with Crippen LogP contribution < -0.4 is 10.5 Å². The fourth-order valence-corrected chi connectivity index (χ4v) is 3.14. The molecule has 0 aliphatic heterocycles. The van der Waals surface area contributed by atoms with Crippen molar-refractivity contribution in [1.29, 1.82) is 0 Å². The van der Waals surface area contributed by atoms with Crippen LogP contribution in [0.3, 0.4) is 0 Å². The standard InChI is InChI=1S/C15H15N5OS/c1-20(12-4-6-16-14(19-12)9-2-3-9)8-11-17-10-5-7-22-13(10)15(21)18-11/h4-7,9H,2-3,8H2,1H3,(H,17,18,21). The zero-order chi connectivity index (χ0) is 15.1. The summed E-state index contributed by atoms with van der Waals surface area (Å²) >= 11 is 1.41. The summed E-state index contributed by atoms with van der Waals surface area (Å²) in [7, 11) is 1.94. The zero-order valence-electron chi connectivity index (χ0n) is 12.1. The van der Waals surface area contributed by atoms with Crippen LogP contribution in [-0.2, 0) is 6.54 Å². The van der Waals surface area contributed by atoms with Crippen LogP contribution in [0.15, 0.2) is 28.5 Å². The number of H-pyrrole nitrogens is 1. The van der Waals surface area contributed by atoms with Gasteiger partial charge in [-0.15, -0.1) is 11.3 Å². The van der Waals surface area contributed by atoms with Crippen molar-refractivity contribution >= 4 is 27.4 Å². The number of aromatic amines is 1. The van der Waals surface area contributed by atoms with E-state index in [0.29, 0.717) is 23.0 Å². The Labute approximate surface area is 130 Å². The van der Waals surface area contributed by atoms with Gasteiger partial charge in [0.05, 0.1) is 12.1 Å². The van der Waals surface area contributed by atoms with Gasteiger partial charge in [-0.2, -0.15) is 0 Å². The molecule has 0 unspecified atom stereocenters. The smallest absolute Gasteiger partial charge is 0.268 e. The van der Waals surface area contributed by atoms with E-state index in [-0.39, 0.29) is 5.56 Å². The summed E-state index contributed by atoms with van der Waals surface area (Å²) in [5.41, 5.74) is 0.670. The lowest BCUT2D eigenvalue weighted by Crippen LogP contribution is -2.22. The Morgan fingerprint density at radius 3 is 3.05 bits per heavy atom. The number of anilines is 1. The Balaban J connectivity index is 1.61. The van der Waals surface area contributed by atoms with Crippen LogP contribution in [0.5, 0.6) is 0 Å². The molecule has 0 radical (unpaired) electrons. The summed E-state index contributed by atoms with van der Waals surface area (Å²) in [6.07, 6.45) is 4.15. The molecule has 0 aromatic carbocycles. The lowest BCUT2D eigenvalue weighted by atomic mass is 10.3. The van der Waals surface area contributed by atoms with Gasteiger partial charge in [0, 0.05) is 19.2 Å². The number of nitrogens with zero attached hydrogens (tertiary/aromatic N) is 4. The highest BCUT2D eigenvalue weighted by Gasteiger charge is 2.26. The van der Waals surface area contributed by atoms with Crippen molar-refractivity contribution in [2.45, 2.75) is 25.3 Å². The van der Waals surface area contributed by atoms with Gasteiger partial charge in [-0.1, -0.05) is 0 Å². The van der Waals surface area contributed by atoms with Crippen molar-refractivity contribution in [3.63, 3.8) is 0 Å². The Hall–Kier alpha value is -2.28. The van der Waals surface area contributed by atoms with Gasteiger partial charge in [0.15, 0.2) is 0 Å². The molecule has 7 heteroatoms. The van der Waals surface area contributed by atoms with Gasteiger partial charge in [0.2, 0.25) is 0 Å². The largest absolute Gasteiger partial charge is 0.352 e. The maximum atomic E-state index is 12.0. The summed E-state index contributed by atoms with van der Waals surface area (Å²) in [4.78, 5) is 30.3. The Morgan fingerprint density at radius 2 is 2.23 bits per heavy atom.